The van der Waals surface area contributed by atoms with Gasteiger partial charge in [0.05, 0.1) is 7.11 Å². The van der Waals surface area contributed by atoms with Gasteiger partial charge in [0.25, 0.3) is 0 Å². The van der Waals surface area contributed by atoms with E-state index in [9.17, 15) is 8.42 Å². The topological polar surface area (TPSA) is 59.5 Å². The van der Waals surface area contributed by atoms with Gasteiger partial charge < -0.3 is 4.74 Å². The molecule has 0 aliphatic heterocycles. The number of hydrogen-bond acceptors (Lipinski definition) is 4. The molecule has 0 aliphatic carbocycles. The summed E-state index contributed by atoms with van der Waals surface area (Å²) in [6, 6.07) is 1.35. The van der Waals surface area contributed by atoms with E-state index >= 15 is 0 Å². The van der Waals surface area contributed by atoms with Crippen molar-refractivity contribution in [2.45, 2.75) is 24.8 Å². The number of sulfonamides is 1. The molecule has 5 nitrogen and oxygen atoms in total. The number of halogens is 1. The molecular weight excluding hydrogens is 308 g/mol. The van der Waals surface area contributed by atoms with Gasteiger partial charge in [-0.05, 0) is 35.8 Å². The van der Waals surface area contributed by atoms with Gasteiger partial charge in [-0.3, -0.25) is 0 Å². The quantitative estimate of drug-likeness (QED) is 0.849. The van der Waals surface area contributed by atoms with Crippen molar-refractivity contribution in [3.05, 3.63) is 16.7 Å². The van der Waals surface area contributed by atoms with E-state index in [4.69, 9.17) is 4.74 Å². The van der Waals surface area contributed by atoms with Crippen LogP contribution in [0.25, 0.3) is 0 Å². The highest BCUT2D eigenvalue weighted by Crippen LogP contribution is 2.27. The third kappa shape index (κ3) is 2.97. The minimum atomic E-state index is -3.59. The molecule has 0 atom stereocenters. The first kappa shape index (κ1) is 14.4. The van der Waals surface area contributed by atoms with E-state index in [0.717, 1.165) is 0 Å². The lowest BCUT2D eigenvalue weighted by atomic mass is 10.4. The fourth-order valence-corrected chi connectivity index (χ4v) is 3.16. The fourth-order valence-electron chi connectivity index (χ4n) is 1.18. The number of ether oxygens (including phenoxy) is 1. The van der Waals surface area contributed by atoms with Crippen molar-refractivity contribution in [2.24, 2.45) is 0 Å². The van der Waals surface area contributed by atoms with Crippen molar-refractivity contribution in [1.29, 1.82) is 0 Å². The number of methoxy groups -OCH3 is 1. The molecular formula is C10H15BrN2O3S. The SMILES string of the molecule is COc1ncc(Br)cc1S(=O)(=O)N(C)C(C)C. The predicted octanol–water partition coefficient (Wildman–Crippen LogP) is 1.88. The Morgan fingerprint density at radius 1 is 1.47 bits per heavy atom. The molecule has 1 aromatic heterocycles. The second-order valence-electron chi connectivity index (χ2n) is 3.78. The van der Waals surface area contributed by atoms with Crippen LogP contribution in [0.4, 0.5) is 0 Å². The monoisotopic (exact) mass is 322 g/mol. The molecule has 96 valence electrons. The first-order valence-corrected chi connectivity index (χ1v) is 7.21. The van der Waals surface area contributed by atoms with Crippen molar-refractivity contribution in [2.75, 3.05) is 14.2 Å². The summed E-state index contributed by atoms with van der Waals surface area (Å²) >= 11 is 3.20. The van der Waals surface area contributed by atoms with Gasteiger partial charge >= 0.3 is 0 Å². The number of rotatable bonds is 4. The van der Waals surface area contributed by atoms with E-state index in [1.54, 1.807) is 13.8 Å². The number of nitrogens with zero attached hydrogens (tertiary/aromatic N) is 2. The van der Waals surface area contributed by atoms with Crippen molar-refractivity contribution in [3.8, 4) is 5.88 Å². The van der Waals surface area contributed by atoms with Gasteiger partial charge in [-0.15, -0.1) is 0 Å². The van der Waals surface area contributed by atoms with Gasteiger partial charge in [-0.2, -0.15) is 4.31 Å². The smallest absolute Gasteiger partial charge is 0.248 e. The second-order valence-corrected chi connectivity index (χ2v) is 6.66. The van der Waals surface area contributed by atoms with Crippen LogP contribution < -0.4 is 4.74 Å². The zero-order valence-electron chi connectivity index (χ0n) is 10.1. The average molecular weight is 323 g/mol. The van der Waals surface area contributed by atoms with E-state index in [0.29, 0.717) is 4.47 Å². The molecule has 0 aliphatic rings. The molecule has 0 aromatic carbocycles. The van der Waals surface area contributed by atoms with Crippen LogP contribution in [0.3, 0.4) is 0 Å². The Balaban J connectivity index is 3.37. The summed E-state index contributed by atoms with van der Waals surface area (Å²) in [6.07, 6.45) is 1.49. The van der Waals surface area contributed by atoms with Crippen LogP contribution >= 0.6 is 15.9 Å². The Morgan fingerprint density at radius 3 is 2.53 bits per heavy atom. The van der Waals surface area contributed by atoms with Crippen LogP contribution in [0.15, 0.2) is 21.6 Å². The summed E-state index contributed by atoms with van der Waals surface area (Å²) in [5.41, 5.74) is 0. The lowest BCUT2D eigenvalue weighted by molar-refractivity contribution is 0.375. The van der Waals surface area contributed by atoms with Gasteiger partial charge in [-0.25, -0.2) is 13.4 Å². The molecule has 0 bridgehead atoms. The Kier molecular flexibility index (Phi) is 4.51. The minimum Gasteiger partial charge on any atom is -0.480 e. The van der Waals surface area contributed by atoms with E-state index in [1.807, 2.05) is 0 Å². The minimum absolute atomic E-state index is 0.0607. The zero-order valence-corrected chi connectivity index (χ0v) is 12.5. The van der Waals surface area contributed by atoms with Crippen LogP contribution in [-0.4, -0.2) is 37.9 Å². The first-order chi connectivity index (χ1) is 7.80. The molecule has 0 spiro atoms. The van der Waals surface area contributed by atoms with Gasteiger partial charge in [0, 0.05) is 23.8 Å². The summed E-state index contributed by atoms with van der Waals surface area (Å²) in [5.74, 6) is 0.0979. The molecule has 1 rings (SSSR count). The molecule has 0 unspecified atom stereocenters. The summed E-state index contributed by atoms with van der Waals surface area (Å²) in [4.78, 5) is 3.99. The molecule has 0 N–H and O–H groups in total. The van der Waals surface area contributed by atoms with E-state index in [-0.39, 0.29) is 16.8 Å². The number of hydrogen-bond donors (Lipinski definition) is 0. The van der Waals surface area contributed by atoms with Crippen LogP contribution in [0.5, 0.6) is 5.88 Å². The molecule has 1 aromatic rings. The Hall–Kier alpha value is -0.660. The molecule has 0 amide bonds. The highest BCUT2D eigenvalue weighted by Gasteiger charge is 2.27. The zero-order chi connectivity index (χ0) is 13.2. The van der Waals surface area contributed by atoms with Crippen molar-refractivity contribution in [3.63, 3.8) is 0 Å². The highest BCUT2D eigenvalue weighted by molar-refractivity contribution is 9.10. The Labute approximate surface area is 110 Å². The normalized spacial score (nSPS) is 12.2. The summed E-state index contributed by atoms with van der Waals surface area (Å²) in [6.45, 7) is 3.60. The summed E-state index contributed by atoms with van der Waals surface area (Å²) in [5, 5.41) is 0. The van der Waals surface area contributed by atoms with E-state index in [2.05, 4.69) is 20.9 Å². The second kappa shape index (κ2) is 5.32. The Bertz CT molecular complexity index is 502. The molecule has 17 heavy (non-hydrogen) atoms. The highest BCUT2D eigenvalue weighted by atomic mass is 79.9. The van der Waals surface area contributed by atoms with Crippen molar-refractivity contribution < 1.29 is 13.2 Å². The van der Waals surface area contributed by atoms with Crippen molar-refractivity contribution in [1.82, 2.24) is 9.29 Å². The number of aromatic nitrogens is 1. The van der Waals surface area contributed by atoms with Gasteiger partial charge in [-0.1, -0.05) is 0 Å². The van der Waals surface area contributed by atoms with Crippen LogP contribution in [-0.2, 0) is 10.0 Å². The van der Waals surface area contributed by atoms with Gasteiger partial charge in [0.1, 0.15) is 4.90 Å². The van der Waals surface area contributed by atoms with Crippen LogP contribution in [0, 0.1) is 0 Å². The lowest BCUT2D eigenvalue weighted by Gasteiger charge is -2.21. The third-order valence-electron chi connectivity index (χ3n) is 2.36. The maximum Gasteiger partial charge on any atom is 0.248 e. The summed E-state index contributed by atoms with van der Waals surface area (Å²) < 4.78 is 31.4. The van der Waals surface area contributed by atoms with Gasteiger partial charge in [0.15, 0.2) is 0 Å². The third-order valence-corrected chi connectivity index (χ3v) is 4.82. The molecule has 0 saturated carbocycles. The molecule has 0 radical (unpaired) electrons. The first-order valence-electron chi connectivity index (χ1n) is 4.98. The van der Waals surface area contributed by atoms with Crippen LogP contribution in [0.2, 0.25) is 0 Å². The summed E-state index contributed by atoms with van der Waals surface area (Å²) in [7, 11) is -0.666. The molecule has 1 heterocycles. The predicted molar refractivity (Wildman–Crippen MR) is 68.6 cm³/mol. The average Bonchev–Trinajstić information content (AvgIpc) is 2.27. The van der Waals surface area contributed by atoms with Crippen LogP contribution in [0.1, 0.15) is 13.8 Å². The van der Waals surface area contributed by atoms with E-state index < -0.39 is 10.0 Å². The maximum atomic E-state index is 12.3. The largest absolute Gasteiger partial charge is 0.480 e. The van der Waals surface area contributed by atoms with Gasteiger partial charge in [0.2, 0.25) is 15.9 Å². The molecule has 0 fully saturated rings. The van der Waals surface area contributed by atoms with E-state index in [1.165, 1.54) is 30.7 Å². The lowest BCUT2D eigenvalue weighted by Crippen LogP contribution is -2.33. The number of pyridine rings is 1. The van der Waals surface area contributed by atoms with Crippen molar-refractivity contribution >= 4 is 26.0 Å². The maximum absolute atomic E-state index is 12.3. The molecule has 0 saturated heterocycles. The Morgan fingerprint density at radius 2 is 2.06 bits per heavy atom. The fraction of sp³-hybridized carbons (Fsp3) is 0.500. The standard InChI is InChI=1S/C10H15BrN2O3S/c1-7(2)13(3)17(14,15)9-5-8(11)6-12-10(9)16-4/h5-7H,1-4H3. The molecule has 7 heteroatoms.